The van der Waals surface area contributed by atoms with E-state index < -0.39 is 5.54 Å². The molecule has 2 fully saturated rings. The molecule has 1 N–H and O–H groups in total. The van der Waals surface area contributed by atoms with Crippen LogP contribution < -0.4 is 9.47 Å². The molecule has 0 aromatic heterocycles. The van der Waals surface area contributed by atoms with Crippen molar-refractivity contribution in [3.05, 3.63) is 71.9 Å². The highest BCUT2D eigenvalue weighted by Gasteiger charge is 2.57. The molecule has 8 heteroatoms. The number of benzene rings is 2. The van der Waals surface area contributed by atoms with Crippen molar-refractivity contribution in [1.82, 2.24) is 14.7 Å². The van der Waals surface area contributed by atoms with E-state index in [4.69, 9.17) is 9.47 Å². The van der Waals surface area contributed by atoms with Gasteiger partial charge in [-0.1, -0.05) is 36.4 Å². The molecule has 186 valence electrons. The first-order valence-electron chi connectivity index (χ1n) is 11.9. The van der Waals surface area contributed by atoms with Crippen molar-refractivity contribution in [2.24, 2.45) is 0 Å². The molecule has 2 saturated heterocycles. The van der Waals surface area contributed by atoms with E-state index in [0.717, 1.165) is 22.6 Å². The fourth-order valence-electron chi connectivity index (χ4n) is 4.97. The monoisotopic (exact) mass is 479 g/mol. The summed E-state index contributed by atoms with van der Waals surface area (Å²) in [6, 6.07) is 15.3. The smallest absolute Gasteiger partial charge is 0.331 e. The third-order valence-corrected chi connectivity index (χ3v) is 6.85. The van der Waals surface area contributed by atoms with Gasteiger partial charge in [0.2, 0.25) is 0 Å². The van der Waals surface area contributed by atoms with Gasteiger partial charge in [-0.2, -0.15) is 0 Å². The third-order valence-electron chi connectivity index (χ3n) is 6.85. The predicted molar refractivity (Wildman–Crippen MR) is 132 cm³/mol. The Morgan fingerprint density at radius 1 is 0.971 bits per heavy atom. The van der Waals surface area contributed by atoms with E-state index in [0.29, 0.717) is 38.9 Å². The van der Waals surface area contributed by atoms with Gasteiger partial charge in [-0.15, -0.1) is 0 Å². The molecule has 0 atom stereocenters. The SMILES string of the molecule is COc1cc(CN2CCC3(CC2)C(=O)N(C=CCc2ccccc2)C(=O)N3CCO)cc(OC)c1. The highest BCUT2D eigenvalue weighted by molar-refractivity contribution is 6.08. The zero-order valence-electron chi connectivity index (χ0n) is 20.4. The van der Waals surface area contributed by atoms with Gasteiger partial charge in [0, 0.05) is 38.4 Å². The number of nitrogens with zero attached hydrogens (tertiary/aromatic N) is 3. The van der Waals surface area contributed by atoms with E-state index in [-0.39, 0.29) is 25.1 Å². The van der Waals surface area contributed by atoms with E-state index in [1.807, 2.05) is 54.6 Å². The number of hydrogen-bond donors (Lipinski definition) is 1. The number of ether oxygens (including phenoxy) is 2. The van der Waals surface area contributed by atoms with E-state index in [1.165, 1.54) is 4.90 Å². The topological polar surface area (TPSA) is 82.6 Å². The minimum Gasteiger partial charge on any atom is -0.497 e. The Labute approximate surface area is 206 Å². The molecule has 35 heavy (non-hydrogen) atoms. The second-order valence-corrected chi connectivity index (χ2v) is 8.94. The van der Waals surface area contributed by atoms with Crippen LogP contribution in [0.4, 0.5) is 4.79 Å². The average molecular weight is 480 g/mol. The summed E-state index contributed by atoms with van der Waals surface area (Å²) >= 11 is 0. The summed E-state index contributed by atoms with van der Waals surface area (Å²) in [6.07, 6.45) is 5.09. The van der Waals surface area contributed by atoms with Crippen LogP contribution in [0.2, 0.25) is 0 Å². The lowest BCUT2D eigenvalue weighted by Gasteiger charge is -2.42. The molecule has 0 radical (unpaired) electrons. The Bertz CT molecular complexity index is 1040. The normalized spacial score (nSPS) is 18.1. The molecule has 4 rings (SSSR count). The second-order valence-electron chi connectivity index (χ2n) is 8.94. The van der Waals surface area contributed by atoms with Crippen LogP contribution in [0.15, 0.2) is 60.8 Å². The Morgan fingerprint density at radius 3 is 2.23 bits per heavy atom. The quantitative estimate of drug-likeness (QED) is 0.557. The zero-order valence-corrected chi connectivity index (χ0v) is 20.4. The number of aliphatic hydroxyl groups is 1. The molecule has 0 aliphatic carbocycles. The maximum atomic E-state index is 13.5. The molecule has 2 heterocycles. The van der Waals surface area contributed by atoms with Crippen molar-refractivity contribution in [2.45, 2.75) is 31.3 Å². The number of carbonyl (C=O) groups is 2. The molecule has 2 aliphatic heterocycles. The number of carbonyl (C=O) groups excluding carboxylic acids is 2. The van der Waals surface area contributed by atoms with Crippen molar-refractivity contribution < 1.29 is 24.2 Å². The fraction of sp³-hybridized carbons (Fsp3) is 0.407. The lowest BCUT2D eigenvalue weighted by atomic mass is 9.85. The van der Waals surface area contributed by atoms with Gasteiger partial charge in [0.25, 0.3) is 5.91 Å². The largest absolute Gasteiger partial charge is 0.497 e. The number of rotatable bonds is 9. The van der Waals surface area contributed by atoms with Crippen LogP contribution in [-0.2, 0) is 17.8 Å². The number of allylic oxidation sites excluding steroid dienone is 1. The third kappa shape index (κ3) is 5.18. The maximum Gasteiger partial charge on any atom is 0.331 e. The van der Waals surface area contributed by atoms with Gasteiger partial charge < -0.3 is 19.5 Å². The van der Waals surface area contributed by atoms with Gasteiger partial charge in [0.05, 0.1) is 20.8 Å². The van der Waals surface area contributed by atoms with Crippen molar-refractivity contribution in [3.63, 3.8) is 0 Å². The van der Waals surface area contributed by atoms with Crippen LogP contribution in [0.3, 0.4) is 0 Å². The molecule has 0 bridgehead atoms. The zero-order chi connectivity index (χ0) is 24.8. The van der Waals surface area contributed by atoms with Crippen LogP contribution >= 0.6 is 0 Å². The van der Waals surface area contributed by atoms with Crippen molar-refractivity contribution in [2.75, 3.05) is 40.5 Å². The number of hydrogen-bond acceptors (Lipinski definition) is 6. The number of imide groups is 1. The lowest BCUT2D eigenvalue weighted by molar-refractivity contribution is -0.134. The minimum absolute atomic E-state index is 0.140. The highest BCUT2D eigenvalue weighted by Crippen LogP contribution is 2.38. The highest BCUT2D eigenvalue weighted by atomic mass is 16.5. The molecule has 3 amide bonds. The van der Waals surface area contributed by atoms with E-state index in [2.05, 4.69) is 4.90 Å². The Morgan fingerprint density at radius 2 is 1.63 bits per heavy atom. The fourth-order valence-corrected chi connectivity index (χ4v) is 4.97. The number of likely N-dealkylation sites (tertiary alicyclic amines) is 1. The van der Waals surface area contributed by atoms with Crippen molar-refractivity contribution in [3.8, 4) is 11.5 Å². The van der Waals surface area contributed by atoms with E-state index in [9.17, 15) is 14.7 Å². The summed E-state index contributed by atoms with van der Waals surface area (Å²) < 4.78 is 10.8. The molecule has 0 unspecified atom stereocenters. The predicted octanol–water partition coefficient (Wildman–Crippen LogP) is 3.05. The standard InChI is InChI=1S/C27H33N3O5/c1-34-23-17-22(18-24(19-23)35-2)20-28-13-10-27(11-14-28)25(32)29(26(33)30(27)15-16-31)12-6-9-21-7-4-3-5-8-21/h3-8,12,17-19,31H,9-11,13-16,20H2,1-2H3. The summed E-state index contributed by atoms with van der Waals surface area (Å²) in [7, 11) is 3.25. The molecule has 2 aliphatic rings. The van der Waals surface area contributed by atoms with E-state index in [1.54, 1.807) is 25.3 Å². The first-order chi connectivity index (χ1) is 17.0. The number of aliphatic hydroxyl groups excluding tert-OH is 1. The maximum absolute atomic E-state index is 13.5. The van der Waals surface area contributed by atoms with Crippen molar-refractivity contribution in [1.29, 1.82) is 0 Å². The van der Waals surface area contributed by atoms with Gasteiger partial charge in [0.1, 0.15) is 17.0 Å². The van der Waals surface area contributed by atoms with Gasteiger partial charge >= 0.3 is 6.03 Å². The summed E-state index contributed by atoms with van der Waals surface area (Å²) in [4.78, 5) is 31.7. The van der Waals surface area contributed by atoms with Gasteiger partial charge in [-0.3, -0.25) is 9.69 Å². The number of methoxy groups -OCH3 is 2. The molecule has 2 aromatic rings. The van der Waals surface area contributed by atoms with Gasteiger partial charge in [-0.25, -0.2) is 9.69 Å². The molecular weight excluding hydrogens is 446 g/mol. The summed E-state index contributed by atoms with van der Waals surface area (Å²) in [6.45, 7) is 1.95. The first-order valence-corrected chi connectivity index (χ1v) is 11.9. The molecule has 1 spiro atoms. The number of urea groups is 1. The number of amides is 3. The molecular formula is C27H33N3O5. The van der Waals surface area contributed by atoms with Crippen LogP contribution in [0.1, 0.15) is 24.0 Å². The number of β-amino-alcohol motifs (C(OH)–C–C–N with tert-alkyl or cyclic N) is 1. The van der Waals surface area contributed by atoms with Crippen LogP contribution in [-0.4, -0.2) is 77.7 Å². The summed E-state index contributed by atoms with van der Waals surface area (Å²) in [5.41, 5.74) is 1.25. The van der Waals surface area contributed by atoms with Crippen molar-refractivity contribution >= 4 is 11.9 Å². The first kappa shape index (κ1) is 24.8. The lowest BCUT2D eigenvalue weighted by Crippen LogP contribution is -2.56. The molecule has 0 saturated carbocycles. The Hall–Kier alpha value is -3.36. The van der Waals surface area contributed by atoms with Crippen LogP contribution in [0.5, 0.6) is 11.5 Å². The summed E-state index contributed by atoms with van der Waals surface area (Å²) in [5, 5.41) is 9.63. The Kier molecular flexibility index (Phi) is 7.73. The van der Waals surface area contributed by atoms with Gasteiger partial charge in [0.15, 0.2) is 0 Å². The molecule has 8 nitrogen and oxygen atoms in total. The summed E-state index contributed by atoms with van der Waals surface area (Å²) in [5.74, 6) is 1.26. The minimum atomic E-state index is -0.917. The average Bonchev–Trinajstić information content (AvgIpc) is 3.07. The Balaban J connectivity index is 1.46. The van der Waals surface area contributed by atoms with E-state index >= 15 is 0 Å². The second kappa shape index (κ2) is 10.9. The van der Waals surface area contributed by atoms with Crippen LogP contribution in [0.25, 0.3) is 0 Å². The van der Waals surface area contributed by atoms with Crippen LogP contribution in [0, 0.1) is 0 Å². The molecule has 2 aromatic carbocycles. The number of piperidine rings is 1. The van der Waals surface area contributed by atoms with Gasteiger partial charge in [-0.05, 0) is 42.5 Å².